The van der Waals surface area contributed by atoms with Crippen LogP contribution < -0.4 is 14.8 Å². The smallest absolute Gasteiger partial charge is 0.273 e. The summed E-state index contributed by atoms with van der Waals surface area (Å²) in [6.45, 7) is 0.365. The highest BCUT2D eigenvalue weighted by atomic mass is 19.1. The van der Waals surface area contributed by atoms with Gasteiger partial charge in [-0.15, -0.1) is 0 Å². The molecule has 27 heavy (non-hydrogen) atoms. The highest BCUT2D eigenvalue weighted by Gasteiger charge is 2.16. The Bertz CT molecular complexity index is 939. The van der Waals surface area contributed by atoms with Crippen LogP contribution >= 0.6 is 0 Å². The molecule has 0 saturated carbocycles. The van der Waals surface area contributed by atoms with E-state index in [9.17, 15) is 9.18 Å². The maximum Gasteiger partial charge on any atom is 0.273 e. The fourth-order valence-electron chi connectivity index (χ4n) is 2.65. The van der Waals surface area contributed by atoms with Crippen molar-refractivity contribution in [3.05, 3.63) is 65.6 Å². The standard InChI is InChI=1S/C20H19FN2O4/c1-25-14-7-8-18(26-2)13(11-14)9-10-22-20(24)17-12-19(27-23-17)15-5-3-4-6-16(15)21/h3-8,11-12H,9-10H2,1-2H3,(H,22,24). The first-order valence-electron chi connectivity index (χ1n) is 8.33. The quantitative estimate of drug-likeness (QED) is 0.689. The Hall–Kier alpha value is -3.35. The van der Waals surface area contributed by atoms with Gasteiger partial charge in [0.1, 0.15) is 17.3 Å². The SMILES string of the molecule is COc1ccc(OC)c(CCNC(=O)c2cc(-c3ccccc3F)on2)c1. The molecule has 0 saturated heterocycles. The zero-order valence-corrected chi connectivity index (χ0v) is 15.0. The Balaban J connectivity index is 1.63. The molecule has 0 radical (unpaired) electrons. The third-order valence-electron chi connectivity index (χ3n) is 4.05. The van der Waals surface area contributed by atoms with Crippen LogP contribution in [0.15, 0.2) is 53.1 Å². The highest BCUT2D eigenvalue weighted by Crippen LogP contribution is 2.25. The van der Waals surface area contributed by atoms with Crippen molar-refractivity contribution in [3.8, 4) is 22.8 Å². The number of benzene rings is 2. The lowest BCUT2D eigenvalue weighted by Crippen LogP contribution is -2.26. The van der Waals surface area contributed by atoms with Gasteiger partial charge in [-0.1, -0.05) is 17.3 Å². The number of halogens is 1. The van der Waals surface area contributed by atoms with Gasteiger partial charge < -0.3 is 19.3 Å². The summed E-state index contributed by atoms with van der Waals surface area (Å²) in [6, 6.07) is 13.0. The number of ether oxygens (including phenoxy) is 2. The molecule has 0 aliphatic heterocycles. The molecule has 1 heterocycles. The number of nitrogens with zero attached hydrogens (tertiary/aromatic N) is 1. The Morgan fingerprint density at radius 1 is 1.15 bits per heavy atom. The minimum absolute atomic E-state index is 0.0888. The van der Waals surface area contributed by atoms with Crippen LogP contribution in [0.25, 0.3) is 11.3 Å². The number of amides is 1. The molecule has 0 fully saturated rings. The van der Waals surface area contributed by atoms with Crippen molar-refractivity contribution < 1.29 is 23.2 Å². The van der Waals surface area contributed by atoms with Crippen molar-refractivity contribution in [1.29, 1.82) is 0 Å². The largest absolute Gasteiger partial charge is 0.497 e. The molecule has 0 spiro atoms. The minimum atomic E-state index is -0.439. The van der Waals surface area contributed by atoms with E-state index in [1.54, 1.807) is 38.5 Å². The summed E-state index contributed by atoms with van der Waals surface area (Å²) in [5.41, 5.74) is 1.25. The lowest BCUT2D eigenvalue weighted by Gasteiger charge is -2.10. The Labute approximate surface area is 155 Å². The van der Waals surface area contributed by atoms with Gasteiger partial charge in [0.05, 0.1) is 19.8 Å². The third-order valence-corrected chi connectivity index (χ3v) is 4.05. The van der Waals surface area contributed by atoms with Gasteiger partial charge in [0.15, 0.2) is 11.5 Å². The Morgan fingerprint density at radius 3 is 2.70 bits per heavy atom. The molecule has 0 unspecified atom stereocenters. The predicted molar refractivity (Wildman–Crippen MR) is 97.5 cm³/mol. The van der Waals surface area contributed by atoms with Gasteiger partial charge in [-0.2, -0.15) is 0 Å². The summed E-state index contributed by atoms with van der Waals surface area (Å²) in [6.07, 6.45) is 0.546. The molecule has 2 aromatic carbocycles. The number of carbonyl (C=O) groups excluding carboxylic acids is 1. The topological polar surface area (TPSA) is 73.6 Å². The van der Waals surface area contributed by atoms with Gasteiger partial charge in [-0.3, -0.25) is 4.79 Å². The molecule has 0 aliphatic rings. The highest BCUT2D eigenvalue weighted by molar-refractivity contribution is 5.93. The number of aromatic nitrogens is 1. The van der Waals surface area contributed by atoms with Gasteiger partial charge in [0.25, 0.3) is 5.91 Å². The van der Waals surface area contributed by atoms with Gasteiger partial charge >= 0.3 is 0 Å². The fourth-order valence-corrected chi connectivity index (χ4v) is 2.65. The van der Waals surface area contributed by atoms with Crippen molar-refractivity contribution >= 4 is 5.91 Å². The second kappa shape index (κ2) is 8.35. The van der Waals surface area contributed by atoms with Gasteiger partial charge in [0, 0.05) is 12.6 Å². The van der Waals surface area contributed by atoms with Crippen LogP contribution in [-0.4, -0.2) is 31.8 Å². The Morgan fingerprint density at radius 2 is 1.96 bits per heavy atom. The van der Waals surface area contributed by atoms with Crippen LogP contribution in [0.4, 0.5) is 4.39 Å². The number of hydrogen-bond acceptors (Lipinski definition) is 5. The minimum Gasteiger partial charge on any atom is -0.497 e. The molecule has 7 heteroatoms. The molecule has 0 aliphatic carbocycles. The summed E-state index contributed by atoms with van der Waals surface area (Å²) < 4.78 is 29.4. The van der Waals surface area contributed by atoms with E-state index >= 15 is 0 Å². The lowest BCUT2D eigenvalue weighted by molar-refractivity contribution is 0.0945. The van der Waals surface area contributed by atoms with Crippen molar-refractivity contribution in [3.63, 3.8) is 0 Å². The van der Waals surface area contributed by atoms with Crippen LogP contribution in [0.5, 0.6) is 11.5 Å². The summed E-state index contributed by atoms with van der Waals surface area (Å²) in [7, 11) is 3.18. The molecule has 3 aromatic rings. The first-order valence-corrected chi connectivity index (χ1v) is 8.33. The number of methoxy groups -OCH3 is 2. The Kier molecular flexibility index (Phi) is 5.71. The van der Waals surface area contributed by atoms with E-state index in [1.165, 1.54) is 12.1 Å². The number of rotatable bonds is 7. The van der Waals surface area contributed by atoms with Crippen molar-refractivity contribution in [2.75, 3.05) is 20.8 Å². The number of hydrogen-bond donors (Lipinski definition) is 1. The molecular formula is C20H19FN2O4. The molecular weight excluding hydrogens is 351 g/mol. The molecule has 1 aromatic heterocycles. The first-order chi connectivity index (χ1) is 13.1. The van der Waals surface area contributed by atoms with Crippen molar-refractivity contribution in [2.45, 2.75) is 6.42 Å². The molecule has 0 bridgehead atoms. The molecule has 140 valence electrons. The van der Waals surface area contributed by atoms with Crippen LogP contribution in [0.2, 0.25) is 0 Å². The molecule has 0 atom stereocenters. The van der Waals surface area contributed by atoms with E-state index in [4.69, 9.17) is 14.0 Å². The maximum absolute atomic E-state index is 13.8. The summed E-state index contributed by atoms with van der Waals surface area (Å²) in [5, 5.41) is 6.49. The molecule has 6 nitrogen and oxygen atoms in total. The van der Waals surface area contributed by atoms with E-state index in [-0.39, 0.29) is 17.0 Å². The van der Waals surface area contributed by atoms with E-state index in [1.807, 2.05) is 12.1 Å². The van der Waals surface area contributed by atoms with Crippen LogP contribution in [0.1, 0.15) is 16.1 Å². The van der Waals surface area contributed by atoms with E-state index in [2.05, 4.69) is 10.5 Å². The third kappa shape index (κ3) is 4.25. The second-order valence-corrected chi connectivity index (χ2v) is 5.74. The van der Waals surface area contributed by atoms with E-state index in [0.717, 1.165) is 5.56 Å². The second-order valence-electron chi connectivity index (χ2n) is 5.74. The van der Waals surface area contributed by atoms with Crippen LogP contribution in [-0.2, 0) is 6.42 Å². The van der Waals surface area contributed by atoms with E-state index in [0.29, 0.717) is 24.5 Å². The van der Waals surface area contributed by atoms with Gasteiger partial charge in [-0.05, 0) is 42.3 Å². The maximum atomic E-state index is 13.8. The van der Waals surface area contributed by atoms with Crippen LogP contribution in [0, 0.1) is 5.82 Å². The summed E-state index contributed by atoms with van der Waals surface area (Å²) in [5.74, 6) is 0.790. The number of carbonyl (C=O) groups is 1. The predicted octanol–water partition coefficient (Wildman–Crippen LogP) is 3.47. The van der Waals surface area contributed by atoms with Crippen molar-refractivity contribution in [1.82, 2.24) is 10.5 Å². The van der Waals surface area contributed by atoms with Crippen LogP contribution in [0.3, 0.4) is 0 Å². The lowest BCUT2D eigenvalue weighted by atomic mass is 10.1. The van der Waals surface area contributed by atoms with Gasteiger partial charge in [0.2, 0.25) is 0 Å². The van der Waals surface area contributed by atoms with E-state index < -0.39 is 11.7 Å². The zero-order valence-electron chi connectivity index (χ0n) is 15.0. The fraction of sp³-hybridized carbons (Fsp3) is 0.200. The monoisotopic (exact) mass is 370 g/mol. The molecule has 1 N–H and O–H groups in total. The zero-order chi connectivity index (χ0) is 19.2. The number of nitrogens with one attached hydrogen (secondary N) is 1. The summed E-state index contributed by atoms with van der Waals surface area (Å²) in [4.78, 5) is 12.3. The van der Waals surface area contributed by atoms with Gasteiger partial charge in [-0.25, -0.2) is 4.39 Å². The first kappa shape index (κ1) is 18.4. The molecule has 1 amide bonds. The average Bonchev–Trinajstić information content (AvgIpc) is 3.18. The average molecular weight is 370 g/mol. The normalized spacial score (nSPS) is 10.5. The molecule has 3 rings (SSSR count). The van der Waals surface area contributed by atoms with Crippen molar-refractivity contribution in [2.24, 2.45) is 0 Å². The summed E-state index contributed by atoms with van der Waals surface area (Å²) >= 11 is 0.